The second-order valence-corrected chi connectivity index (χ2v) is 4.23. The Balaban J connectivity index is 2.22. The molecule has 1 saturated carbocycles. The second-order valence-electron chi connectivity index (χ2n) is 4.23. The molecule has 14 heavy (non-hydrogen) atoms. The Morgan fingerprint density at radius 1 is 1.21 bits per heavy atom. The molecule has 2 heteroatoms. The van der Waals surface area contributed by atoms with Crippen LogP contribution in [0.15, 0.2) is 0 Å². The number of rotatable bonds is 5. The van der Waals surface area contributed by atoms with Crippen LogP contribution in [-0.4, -0.2) is 11.6 Å². The number of unbranched alkanes of at least 4 members (excludes halogenated alkanes) is 3. The molecule has 1 fully saturated rings. The molecule has 0 radical (unpaired) electrons. The zero-order valence-electron chi connectivity index (χ0n) is 9.05. The number of hydrogen-bond acceptors (Lipinski definition) is 2. The maximum absolute atomic E-state index is 11.4. The molecule has 1 aliphatic rings. The van der Waals surface area contributed by atoms with Crippen molar-refractivity contribution in [1.82, 2.24) is 0 Å². The smallest absolute Gasteiger partial charge is 0.201 e. The third kappa shape index (κ3) is 3.24. The molecule has 1 unspecified atom stereocenters. The van der Waals surface area contributed by atoms with E-state index in [1.807, 2.05) is 0 Å². The van der Waals surface area contributed by atoms with Crippen LogP contribution in [0.4, 0.5) is 0 Å². The van der Waals surface area contributed by atoms with Crippen LogP contribution in [0.5, 0.6) is 0 Å². The molecule has 0 spiro atoms. The third-order valence-electron chi connectivity index (χ3n) is 3.01. The van der Waals surface area contributed by atoms with E-state index in [0.717, 1.165) is 25.7 Å². The molecule has 0 heterocycles. The average Bonchev–Trinajstić information content (AvgIpc) is 2.19. The van der Waals surface area contributed by atoms with Crippen LogP contribution in [0.2, 0.25) is 0 Å². The Morgan fingerprint density at radius 3 is 2.71 bits per heavy atom. The van der Waals surface area contributed by atoms with Crippen molar-refractivity contribution in [1.29, 1.82) is 0 Å². The molecule has 0 N–H and O–H groups in total. The number of ketones is 2. The Bertz CT molecular complexity index is 208. The number of carbonyl (C=O) groups is 2. The molecule has 80 valence electrons. The molecule has 0 aromatic rings. The van der Waals surface area contributed by atoms with Crippen molar-refractivity contribution in [2.45, 2.75) is 58.3 Å². The summed E-state index contributed by atoms with van der Waals surface area (Å²) in [6.45, 7) is 2.18. The van der Waals surface area contributed by atoms with Gasteiger partial charge in [0.25, 0.3) is 0 Å². The van der Waals surface area contributed by atoms with E-state index in [1.165, 1.54) is 19.3 Å². The molecular formula is C12H20O2. The van der Waals surface area contributed by atoms with E-state index in [0.29, 0.717) is 6.42 Å². The van der Waals surface area contributed by atoms with Gasteiger partial charge in [0.15, 0.2) is 5.78 Å². The van der Waals surface area contributed by atoms with Crippen LogP contribution in [0.1, 0.15) is 58.3 Å². The van der Waals surface area contributed by atoms with Crippen molar-refractivity contribution in [3.05, 3.63) is 0 Å². The van der Waals surface area contributed by atoms with E-state index in [2.05, 4.69) is 6.92 Å². The lowest BCUT2D eigenvalue weighted by atomic mass is 9.83. The highest BCUT2D eigenvalue weighted by atomic mass is 16.2. The van der Waals surface area contributed by atoms with Crippen LogP contribution in [0.3, 0.4) is 0 Å². The molecule has 0 amide bonds. The van der Waals surface area contributed by atoms with Crippen molar-refractivity contribution in [3.8, 4) is 0 Å². The predicted molar refractivity (Wildman–Crippen MR) is 56.1 cm³/mol. The lowest BCUT2D eigenvalue weighted by molar-refractivity contribution is -0.141. The van der Waals surface area contributed by atoms with Crippen molar-refractivity contribution in [2.75, 3.05) is 0 Å². The van der Waals surface area contributed by atoms with Crippen molar-refractivity contribution in [3.63, 3.8) is 0 Å². The number of carbonyl (C=O) groups excluding carboxylic acids is 2. The first kappa shape index (κ1) is 11.4. The normalized spacial score (nSPS) is 22.8. The zero-order chi connectivity index (χ0) is 10.4. The van der Waals surface area contributed by atoms with Gasteiger partial charge in [-0.15, -0.1) is 0 Å². The van der Waals surface area contributed by atoms with Gasteiger partial charge >= 0.3 is 0 Å². The molecule has 2 nitrogen and oxygen atoms in total. The Labute approximate surface area is 86.1 Å². The van der Waals surface area contributed by atoms with Crippen LogP contribution < -0.4 is 0 Å². The first-order chi connectivity index (χ1) is 6.75. The summed E-state index contributed by atoms with van der Waals surface area (Å²) in [6.07, 6.45) is 8.06. The van der Waals surface area contributed by atoms with E-state index in [9.17, 15) is 9.59 Å². The van der Waals surface area contributed by atoms with E-state index in [4.69, 9.17) is 0 Å². The van der Waals surface area contributed by atoms with Crippen molar-refractivity contribution >= 4 is 11.6 Å². The highest BCUT2D eigenvalue weighted by molar-refractivity contribution is 6.38. The third-order valence-corrected chi connectivity index (χ3v) is 3.01. The number of Topliss-reactive ketones (excluding diaryl/α,β-unsaturated/α-hetero) is 2. The molecular weight excluding hydrogens is 176 g/mol. The SMILES string of the molecule is CCCCCCC1CCCC(=O)C1=O. The summed E-state index contributed by atoms with van der Waals surface area (Å²) < 4.78 is 0. The van der Waals surface area contributed by atoms with Crippen molar-refractivity contribution < 1.29 is 9.59 Å². The minimum atomic E-state index is -0.128. The average molecular weight is 196 g/mol. The fourth-order valence-corrected chi connectivity index (χ4v) is 2.08. The van der Waals surface area contributed by atoms with E-state index in [1.54, 1.807) is 0 Å². The lowest BCUT2D eigenvalue weighted by Gasteiger charge is -2.18. The van der Waals surface area contributed by atoms with Gasteiger partial charge in [-0.3, -0.25) is 9.59 Å². The van der Waals surface area contributed by atoms with Gasteiger partial charge < -0.3 is 0 Å². The first-order valence-corrected chi connectivity index (χ1v) is 5.82. The minimum Gasteiger partial charge on any atom is -0.291 e. The zero-order valence-corrected chi connectivity index (χ0v) is 9.05. The standard InChI is InChI=1S/C12H20O2/c1-2-3-4-5-7-10-8-6-9-11(13)12(10)14/h10H,2-9H2,1H3. The largest absolute Gasteiger partial charge is 0.291 e. The monoisotopic (exact) mass is 196 g/mol. The van der Waals surface area contributed by atoms with Crippen LogP contribution >= 0.6 is 0 Å². The summed E-state index contributed by atoms with van der Waals surface area (Å²) in [7, 11) is 0. The predicted octanol–water partition coefficient (Wildman–Crippen LogP) is 2.90. The van der Waals surface area contributed by atoms with Gasteiger partial charge in [0.1, 0.15) is 0 Å². The Kier molecular flexibility index (Phi) is 4.85. The molecule has 0 aromatic heterocycles. The maximum atomic E-state index is 11.4. The number of hydrogen-bond donors (Lipinski definition) is 0. The molecule has 1 aliphatic carbocycles. The van der Waals surface area contributed by atoms with Crippen LogP contribution in [0, 0.1) is 5.92 Å². The first-order valence-electron chi connectivity index (χ1n) is 5.82. The molecule has 0 aliphatic heterocycles. The summed E-state index contributed by atoms with van der Waals surface area (Å²) in [5.41, 5.74) is 0. The molecule has 0 saturated heterocycles. The van der Waals surface area contributed by atoms with Gasteiger partial charge in [-0.2, -0.15) is 0 Å². The second kappa shape index (κ2) is 5.94. The molecule has 1 atom stereocenters. The lowest BCUT2D eigenvalue weighted by Crippen LogP contribution is -2.28. The van der Waals surface area contributed by atoms with Gasteiger partial charge in [0, 0.05) is 12.3 Å². The van der Waals surface area contributed by atoms with Crippen molar-refractivity contribution in [2.24, 2.45) is 5.92 Å². The summed E-state index contributed by atoms with van der Waals surface area (Å²) in [5.74, 6) is -0.155. The summed E-state index contributed by atoms with van der Waals surface area (Å²) in [6, 6.07) is 0. The topological polar surface area (TPSA) is 34.1 Å². The molecule has 0 aromatic carbocycles. The van der Waals surface area contributed by atoms with E-state index < -0.39 is 0 Å². The highest BCUT2D eigenvalue weighted by Crippen LogP contribution is 2.23. The van der Waals surface area contributed by atoms with Gasteiger partial charge in [-0.05, 0) is 19.3 Å². The van der Waals surface area contributed by atoms with Gasteiger partial charge in [0.2, 0.25) is 5.78 Å². The Hall–Kier alpha value is -0.660. The quantitative estimate of drug-likeness (QED) is 0.500. The fraction of sp³-hybridized carbons (Fsp3) is 0.833. The molecule has 0 bridgehead atoms. The van der Waals surface area contributed by atoms with Gasteiger partial charge in [-0.1, -0.05) is 32.6 Å². The van der Waals surface area contributed by atoms with Crippen LogP contribution in [0.25, 0.3) is 0 Å². The molecule has 1 rings (SSSR count). The Morgan fingerprint density at radius 2 is 2.00 bits per heavy atom. The summed E-state index contributed by atoms with van der Waals surface area (Å²) in [5, 5.41) is 0. The highest BCUT2D eigenvalue weighted by Gasteiger charge is 2.28. The van der Waals surface area contributed by atoms with Gasteiger partial charge in [0.05, 0.1) is 0 Å². The summed E-state index contributed by atoms with van der Waals surface area (Å²) in [4.78, 5) is 22.6. The minimum absolute atomic E-state index is 0.0631. The van der Waals surface area contributed by atoms with E-state index >= 15 is 0 Å². The summed E-state index contributed by atoms with van der Waals surface area (Å²) >= 11 is 0. The maximum Gasteiger partial charge on any atom is 0.201 e. The van der Waals surface area contributed by atoms with Crippen LogP contribution in [-0.2, 0) is 9.59 Å². The fourth-order valence-electron chi connectivity index (χ4n) is 2.08. The van der Waals surface area contributed by atoms with E-state index in [-0.39, 0.29) is 17.5 Å². The van der Waals surface area contributed by atoms with Gasteiger partial charge in [-0.25, -0.2) is 0 Å².